The quantitative estimate of drug-likeness (QED) is 0.749. The van der Waals surface area contributed by atoms with Gasteiger partial charge >= 0.3 is 5.97 Å². The van der Waals surface area contributed by atoms with E-state index < -0.39 is 5.97 Å². The summed E-state index contributed by atoms with van der Waals surface area (Å²) in [6, 6.07) is 3.80. The van der Waals surface area contributed by atoms with Crippen LogP contribution in [0.25, 0.3) is 0 Å². The first-order valence-corrected chi connectivity index (χ1v) is 7.92. The lowest BCUT2D eigenvalue weighted by Gasteiger charge is -2.33. The molecule has 1 aliphatic heterocycles. The number of carbonyl (C=O) groups is 1. The zero-order valence-corrected chi connectivity index (χ0v) is 12.8. The number of unbranched alkanes of at least 4 members (excludes halogenated alkanes) is 1. The number of likely N-dealkylation sites (tertiary alicyclic amines) is 1. The molecule has 5 heteroatoms. The van der Waals surface area contributed by atoms with Crippen molar-refractivity contribution in [1.29, 1.82) is 0 Å². The molecule has 0 bridgehead atoms. The lowest BCUT2D eigenvalue weighted by molar-refractivity contribution is 0.0673. The largest absolute Gasteiger partial charge is 0.477 e. The van der Waals surface area contributed by atoms with Crippen molar-refractivity contribution >= 4 is 5.97 Å². The predicted molar refractivity (Wildman–Crippen MR) is 81.8 cm³/mol. The van der Waals surface area contributed by atoms with Crippen LogP contribution in [-0.2, 0) is 4.74 Å². The number of carboxylic acid groups (broad SMARTS) is 1. The van der Waals surface area contributed by atoms with Crippen molar-refractivity contribution < 1.29 is 14.6 Å². The first-order chi connectivity index (χ1) is 10.2. The molecule has 1 aromatic heterocycles. The Balaban J connectivity index is 1.73. The van der Waals surface area contributed by atoms with Crippen LogP contribution >= 0.6 is 0 Å². The number of ether oxygens (including phenoxy) is 1. The number of aromatic carboxylic acids is 1. The fourth-order valence-electron chi connectivity index (χ4n) is 2.86. The molecule has 0 atom stereocenters. The molecule has 1 fully saturated rings. The summed E-state index contributed by atoms with van der Waals surface area (Å²) in [5.74, 6) is -0.841. The van der Waals surface area contributed by atoms with Gasteiger partial charge in [-0.3, -0.25) is 0 Å². The van der Waals surface area contributed by atoms with Crippen molar-refractivity contribution in [2.75, 3.05) is 32.8 Å². The number of aromatic nitrogens is 1. The minimum absolute atomic E-state index is 0.309. The molecule has 0 amide bonds. The maximum Gasteiger partial charge on any atom is 0.352 e. The molecular weight excluding hydrogens is 268 g/mol. The van der Waals surface area contributed by atoms with Crippen LogP contribution in [0.1, 0.15) is 49.1 Å². The lowest BCUT2D eigenvalue weighted by atomic mass is 10.0. The van der Waals surface area contributed by atoms with Gasteiger partial charge in [-0.15, -0.1) is 0 Å². The lowest BCUT2D eigenvalue weighted by Crippen LogP contribution is -2.37. The van der Waals surface area contributed by atoms with E-state index in [1.165, 1.54) is 6.42 Å². The molecule has 2 rings (SSSR count). The van der Waals surface area contributed by atoms with E-state index in [9.17, 15) is 9.90 Å². The van der Waals surface area contributed by atoms with E-state index in [1.54, 1.807) is 6.07 Å². The monoisotopic (exact) mass is 294 g/mol. The maximum atomic E-state index is 11.2. The van der Waals surface area contributed by atoms with Gasteiger partial charge in [0.15, 0.2) is 0 Å². The zero-order valence-electron chi connectivity index (χ0n) is 12.8. The summed E-state index contributed by atoms with van der Waals surface area (Å²) < 4.78 is 7.52. The zero-order chi connectivity index (χ0) is 15.1. The summed E-state index contributed by atoms with van der Waals surface area (Å²) in [5.41, 5.74) is 0.399. The molecule has 118 valence electrons. The second kappa shape index (κ2) is 8.20. The summed E-state index contributed by atoms with van der Waals surface area (Å²) in [6.45, 7) is 6.83. The molecule has 1 aliphatic rings. The molecule has 1 saturated heterocycles. The SMILES string of the molecule is CCCCOCCN1CCC(n2cccc2C(=O)O)CC1. The molecule has 1 N–H and O–H groups in total. The van der Waals surface area contributed by atoms with Crippen molar-refractivity contribution in [3.63, 3.8) is 0 Å². The minimum atomic E-state index is -0.841. The van der Waals surface area contributed by atoms with Crippen LogP contribution in [0.5, 0.6) is 0 Å². The Labute approximate surface area is 126 Å². The summed E-state index contributed by atoms with van der Waals surface area (Å²) in [7, 11) is 0. The van der Waals surface area contributed by atoms with E-state index in [0.29, 0.717) is 11.7 Å². The Morgan fingerprint density at radius 3 is 2.81 bits per heavy atom. The standard InChI is InChI=1S/C16H26N2O3/c1-2-3-12-21-13-11-17-9-6-14(7-10-17)18-8-4-5-15(18)16(19)20/h4-5,8,14H,2-3,6-7,9-13H2,1H3,(H,19,20). The highest BCUT2D eigenvalue weighted by molar-refractivity contribution is 5.85. The van der Waals surface area contributed by atoms with Crippen molar-refractivity contribution in [2.45, 2.75) is 38.6 Å². The Morgan fingerprint density at radius 1 is 1.38 bits per heavy atom. The number of nitrogens with zero attached hydrogens (tertiary/aromatic N) is 2. The van der Waals surface area contributed by atoms with E-state index in [1.807, 2.05) is 16.8 Å². The summed E-state index contributed by atoms with van der Waals surface area (Å²) >= 11 is 0. The Morgan fingerprint density at radius 2 is 2.14 bits per heavy atom. The van der Waals surface area contributed by atoms with E-state index >= 15 is 0 Å². The first-order valence-electron chi connectivity index (χ1n) is 7.92. The maximum absolute atomic E-state index is 11.2. The molecule has 21 heavy (non-hydrogen) atoms. The van der Waals surface area contributed by atoms with Gasteiger partial charge in [0.05, 0.1) is 6.61 Å². The van der Waals surface area contributed by atoms with Gasteiger partial charge in [0, 0.05) is 38.5 Å². The fourth-order valence-corrected chi connectivity index (χ4v) is 2.86. The van der Waals surface area contributed by atoms with Crippen molar-refractivity contribution in [1.82, 2.24) is 9.47 Å². The fraction of sp³-hybridized carbons (Fsp3) is 0.688. The molecule has 0 spiro atoms. The molecular formula is C16H26N2O3. The van der Waals surface area contributed by atoms with Gasteiger partial charge in [-0.1, -0.05) is 13.3 Å². The second-order valence-electron chi connectivity index (χ2n) is 5.64. The first kappa shape index (κ1) is 16.0. The summed E-state index contributed by atoms with van der Waals surface area (Å²) in [6.07, 6.45) is 6.20. The number of carboxylic acids is 1. The Hall–Kier alpha value is -1.33. The van der Waals surface area contributed by atoms with Crippen molar-refractivity contribution in [3.8, 4) is 0 Å². The number of hydrogen-bond donors (Lipinski definition) is 1. The summed E-state index contributed by atoms with van der Waals surface area (Å²) in [5, 5.41) is 9.18. The van der Waals surface area contributed by atoms with Crippen LogP contribution in [0.4, 0.5) is 0 Å². The van der Waals surface area contributed by atoms with Gasteiger partial charge in [0.25, 0.3) is 0 Å². The van der Waals surface area contributed by atoms with E-state index in [-0.39, 0.29) is 0 Å². The van der Waals surface area contributed by atoms with Crippen LogP contribution < -0.4 is 0 Å². The number of hydrogen-bond acceptors (Lipinski definition) is 3. The van der Waals surface area contributed by atoms with Gasteiger partial charge in [-0.25, -0.2) is 4.79 Å². The smallest absolute Gasteiger partial charge is 0.352 e. The molecule has 0 aromatic carbocycles. The van der Waals surface area contributed by atoms with Gasteiger partial charge in [0.1, 0.15) is 5.69 Å². The third kappa shape index (κ3) is 4.58. The minimum Gasteiger partial charge on any atom is -0.477 e. The van der Waals surface area contributed by atoms with Crippen LogP contribution in [0.2, 0.25) is 0 Å². The van der Waals surface area contributed by atoms with Gasteiger partial charge in [-0.05, 0) is 31.4 Å². The van der Waals surface area contributed by atoms with Crippen LogP contribution in [-0.4, -0.2) is 53.4 Å². The highest BCUT2D eigenvalue weighted by atomic mass is 16.5. The van der Waals surface area contributed by atoms with E-state index in [2.05, 4.69) is 11.8 Å². The molecule has 0 aliphatic carbocycles. The molecule has 5 nitrogen and oxygen atoms in total. The molecule has 2 heterocycles. The van der Waals surface area contributed by atoms with E-state index in [0.717, 1.165) is 52.1 Å². The predicted octanol–water partition coefficient (Wildman–Crippen LogP) is 2.64. The summed E-state index contributed by atoms with van der Waals surface area (Å²) in [4.78, 5) is 13.6. The highest BCUT2D eigenvalue weighted by Crippen LogP contribution is 2.24. The van der Waals surface area contributed by atoms with Crippen LogP contribution in [0.3, 0.4) is 0 Å². The van der Waals surface area contributed by atoms with Crippen molar-refractivity contribution in [2.24, 2.45) is 0 Å². The topological polar surface area (TPSA) is 54.7 Å². The van der Waals surface area contributed by atoms with Crippen LogP contribution in [0.15, 0.2) is 18.3 Å². The molecule has 0 saturated carbocycles. The van der Waals surface area contributed by atoms with Gasteiger partial charge in [0.2, 0.25) is 0 Å². The third-order valence-corrected chi connectivity index (χ3v) is 4.14. The highest BCUT2D eigenvalue weighted by Gasteiger charge is 2.22. The number of piperidine rings is 1. The molecule has 0 unspecified atom stereocenters. The van der Waals surface area contributed by atoms with E-state index in [4.69, 9.17) is 4.74 Å². The average molecular weight is 294 g/mol. The molecule has 0 radical (unpaired) electrons. The van der Waals surface area contributed by atoms with Gasteiger partial charge in [-0.2, -0.15) is 0 Å². The second-order valence-corrected chi connectivity index (χ2v) is 5.64. The normalized spacial score (nSPS) is 17.2. The average Bonchev–Trinajstić information content (AvgIpc) is 2.97. The Kier molecular flexibility index (Phi) is 6.26. The Bertz CT molecular complexity index is 436. The molecule has 1 aromatic rings. The van der Waals surface area contributed by atoms with Crippen LogP contribution in [0, 0.1) is 0 Å². The van der Waals surface area contributed by atoms with Crippen molar-refractivity contribution in [3.05, 3.63) is 24.0 Å². The third-order valence-electron chi connectivity index (χ3n) is 4.14. The van der Waals surface area contributed by atoms with Gasteiger partial charge < -0.3 is 19.3 Å². The number of rotatable bonds is 8.